The molecular formula is C20H20FN3OS. The molecule has 0 aliphatic heterocycles. The lowest BCUT2D eigenvalue weighted by Gasteiger charge is -2.25. The van der Waals surface area contributed by atoms with Crippen LogP contribution in [0.25, 0.3) is 10.9 Å². The number of hydrogen-bond donors (Lipinski definition) is 0. The lowest BCUT2D eigenvalue weighted by Crippen LogP contribution is -2.31. The van der Waals surface area contributed by atoms with Gasteiger partial charge in [0, 0.05) is 12.4 Å². The van der Waals surface area contributed by atoms with Crippen molar-refractivity contribution in [3.8, 4) is 0 Å². The molecule has 0 aliphatic rings. The first kappa shape index (κ1) is 18.3. The number of nitrogens with zero attached hydrogens (tertiary/aromatic N) is 3. The van der Waals surface area contributed by atoms with Gasteiger partial charge in [0.15, 0.2) is 0 Å². The van der Waals surface area contributed by atoms with Crippen LogP contribution in [-0.4, -0.2) is 33.6 Å². The van der Waals surface area contributed by atoms with Gasteiger partial charge in [0.05, 0.1) is 17.3 Å². The summed E-state index contributed by atoms with van der Waals surface area (Å²) in [5, 5.41) is 1.76. The van der Waals surface area contributed by atoms with E-state index in [1.54, 1.807) is 24.1 Å². The Morgan fingerprint density at radius 2 is 1.85 bits per heavy atom. The van der Waals surface area contributed by atoms with E-state index in [2.05, 4.69) is 9.97 Å². The first-order chi connectivity index (χ1) is 12.5. The number of hydrogen-bond acceptors (Lipinski definition) is 4. The van der Waals surface area contributed by atoms with Gasteiger partial charge in [-0.15, -0.1) is 0 Å². The molecular weight excluding hydrogens is 349 g/mol. The van der Waals surface area contributed by atoms with Crippen LogP contribution in [0.15, 0.2) is 53.6 Å². The van der Waals surface area contributed by atoms with Crippen LogP contribution in [-0.2, 0) is 4.79 Å². The minimum absolute atomic E-state index is 0.00725. The summed E-state index contributed by atoms with van der Waals surface area (Å²) in [5.74, 6) is 0.679. The van der Waals surface area contributed by atoms with Gasteiger partial charge < -0.3 is 4.90 Å². The van der Waals surface area contributed by atoms with Crippen molar-refractivity contribution in [3.63, 3.8) is 0 Å². The lowest BCUT2D eigenvalue weighted by atomic mass is 10.1. The Balaban J connectivity index is 1.71. The van der Waals surface area contributed by atoms with Gasteiger partial charge in [0.1, 0.15) is 16.7 Å². The molecule has 0 saturated carbocycles. The highest BCUT2D eigenvalue weighted by Crippen LogP contribution is 2.26. The summed E-state index contributed by atoms with van der Waals surface area (Å²) >= 11 is 1.41. The van der Waals surface area contributed by atoms with Crippen LogP contribution in [0.1, 0.15) is 24.4 Å². The molecule has 134 valence electrons. The Kier molecular flexibility index (Phi) is 5.52. The quantitative estimate of drug-likeness (QED) is 0.494. The summed E-state index contributed by atoms with van der Waals surface area (Å²) in [6, 6.07) is 13.9. The van der Waals surface area contributed by atoms with Crippen molar-refractivity contribution in [2.24, 2.45) is 0 Å². The van der Waals surface area contributed by atoms with Crippen molar-refractivity contribution in [1.82, 2.24) is 14.9 Å². The SMILES string of the molecule is Cc1nc(SCC(=O)N(C)C(C)c2ccc(F)cc2)c2ccccc2n1. The second kappa shape index (κ2) is 7.83. The van der Waals surface area contributed by atoms with Crippen molar-refractivity contribution in [2.75, 3.05) is 12.8 Å². The average molecular weight is 369 g/mol. The molecule has 0 fully saturated rings. The van der Waals surface area contributed by atoms with E-state index >= 15 is 0 Å². The number of fused-ring (bicyclic) bond motifs is 1. The van der Waals surface area contributed by atoms with E-state index in [9.17, 15) is 9.18 Å². The zero-order valence-electron chi connectivity index (χ0n) is 14.9. The van der Waals surface area contributed by atoms with Gasteiger partial charge >= 0.3 is 0 Å². The van der Waals surface area contributed by atoms with E-state index in [0.717, 1.165) is 21.5 Å². The van der Waals surface area contributed by atoms with E-state index < -0.39 is 0 Å². The number of aromatic nitrogens is 2. The summed E-state index contributed by atoms with van der Waals surface area (Å²) in [4.78, 5) is 23.2. The normalized spacial score (nSPS) is 12.2. The Hall–Kier alpha value is -2.47. The molecule has 0 N–H and O–H groups in total. The van der Waals surface area contributed by atoms with Gasteiger partial charge in [-0.3, -0.25) is 4.79 Å². The van der Waals surface area contributed by atoms with Crippen LogP contribution >= 0.6 is 11.8 Å². The van der Waals surface area contributed by atoms with E-state index in [0.29, 0.717) is 5.82 Å². The molecule has 6 heteroatoms. The second-order valence-corrected chi connectivity index (χ2v) is 7.08. The van der Waals surface area contributed by atoms with Crippen molar-refractivity contribution < 1.29 is 9.18 Å². The van der Waals surface area contributed by atoms with Crippen molar-refractivity contribution >= 4 is 28.6 Å². The largest absolute Gasteiger partial charge is 0.338 e. The monoisotopic (exact) mass is 369 g/mol. The first-order valence-corrected chi connectivity index (χ1v) is 9.31. The molecule has 0 saturated heterocycles. The van der Waals surface area contributed by atoms with Crippen LogP contribution in [0.3, 0.4) is 0 Å². The number of carbonyl (C=O) groups excluding carboxylic acids is 1. The molecule has 1 amide bonds. The Morgan fingerprint density at radius 1 is 1.15 bits per heavy atom. The Bertz CT molecular complexity index is 930. The third kappa shape index (κ3) is 4.02. The van der Waals surface area contributed by atoms with Gasteiger partial charge in [-0.25, -0.2) is 14.4 Å². The maximum Gasteiger partial charge on any atom is 0.233 e. The molecule has 3 rings (SSSR count). The molecule has 0 radical (unpaired) electrons. The molecule has 1 unspecified atom stereocenters. The van der Waals surface area contributed by atoms with Crippen molar-refractivity contribution in [2.45, 2.75) is 24.9 Å². The number of carbonyl (C=O) groups is 1. The highest BCUT2D eigenvalue weighted by Gasteiger charge is 2.18. The maximum atomic E-state index is 13.1. The number of thioether (sulfide) groups is 1. The number of para-hydroxylation sites is 1. The summed E-state index contributed by atoms with van der Waals surface area (Å²) in [5.41, 5.74) is 1.78. The minimum Gasteiger partial charge on any atom is -0.338 e. The predicted octanol–water partition coefficient (Wildman–Crippen LogP) is 4.39. The standard InChI is InChI=1S/C20H20FN3OS/c1-13(15-8-10-16(21)11-9-15)24(3)19(25)12-26-20-17-6-4-5-7-18(17)22-14(2)23-20/h4-11,13H,12H2,1-3H3. The lowest BCUT2D eigenvalue weighted by molar-refractivity contribution is -0.128. The number of amides is 1. The van der Waals surface area contributed by atoms with Crippen LogP contribution in [0.4, 0.5) is 4.39 Å². The molecule has 0 spiro atoms. The van der Waals surface area contributed by atoms with Crippen LogP contribution in [0.2, 0.25) is 0 Å². The van der Waals surface area contributed by atoms with E-state index in [1.807, 2.05) is 38.1 Å². The number of aryl methyl sites for hydroxylation is 1. The van der Waals surface area contributed by atoms with Gasteiger partial charge in [-0.05, 0) is 37.6 Å². The number of rotatable bonds is 5. The van der Waals surface area contributed by atoms with E-state index in [-0.39, 0.29) is 23.5 Å². The topological polar surface area (TPSA) is 46.1 Å². The average Bonchev–Trinajstić information content (AvgIpc) is 2.65. The van der Waals surface area contributed by atoms with Gasteiger partial charge in [-0.1, -0.05) is 42.1 Å². The molecule has 4 nitrogen and oxygen atoms in total. The minimum atomic E-state index is -0.281. The molecule has 1 aromatic heterocycles. The highest BCUT2D eigenvalue weighted by atomic mass is 32.2. The summed E-state index contributed by atoms with van der Waals surface area (Å²) in [6.07, 6.45) is 0. The Labute approximate surface area is 156 Å². The third-order valence-electron chi connectivity index (χ3n) is 4.34. The molecule has 0 bridgehead atoms. The number of halogens is 1. The van der Waals surface area contributed by atoms with Gasteiger partial charge in [-0.2, -0.15) is 0 Å². The third-order valence-corrected chi connectivity index (χ3v) is 5.32. The maximum absolute atomic E-state index is 13.1. The van der Waals surface area contributed by atoms with E-state index in [1.165, 1.54) is 23.9 Å². The summed E-state index contributed by atoms with van der Waals surface area (Å²) in [7, 11) is 1.76. The number of benzene rings is 2. The molecule has 1 atom stereocenters. The molecule has 1 heterocycles. The molecule has 2 aromatic carbocycles. The van der Waals surface area contributed by atoms with Gasteiger partial charge in [0.2, 0.25) is 5.91 Å². The predicted molar refractivity (Wildman–Crippen MR) is 103 cm³/mol. The second-order valence-electron chi connectivity index (χ2n) is 6.11. The van der Waals surface area contributed by atoms with Gasteiger partial charge in [0.25, 0.3) is 0 Å². The highest BCUT2D eigenvalue weighted by molar-refractivity contribution is 8.00. The first-order valence-electron chi connectivity index (χ1n) is 8.33. The zero-order chi connectivity index (χ0) is 18.7. The van der Waals surface area contributed by atoms with Crippen LogP contribution < -0.4 is 0 Å². The van der Waals surface area contributed by atoms with Crippen molar-refractivity contribution in [1.29, 1.82) is 0 Å². The van der Waals surface area contributed by atoms with Crippen molar-refractivity contribution in [3.05, 3.63) is 65.7 Å². The molecule has 0 aliphatic carbocycles. The Morgan fingerprint density at radius 3 is 2.58 bits per heavy atom. The van der Waals surface area contributed by atoms with E-state index in [4.69, 9.17) is 0 Å². The van der Waals surface area contributed by atoms with Crippen LogP contribution in [0, 0.1) is 12.7 Å². The fraction of sp³-hybridized carbons (Fsp3) is 0.250. The molecule has 26 heavy (non-hydrogen) atoms. The fourth-order valence-electron chi connectivity index (χ4n) is 2.68. The fourth-order valence-corrected chi connectivity index (χ4v) is 3.67. The van der Waals surface area contributed by atoms with Crippen LogP contribution in [0.5, 0.6) is 0 Å². The zero-order valence-corrected chi connectivity index (χ0v) is 15.8. The summed E-state index contributed by atoms with van der Waals surface area (Å²) < 4.78 is 13.1. The smallest absolute Gasteiger partial charge is 0.233 e. The summed E-state index contributed by atoms with van der Waals surface area (Å²) in [6.45, 7) is 3.78. The molecule has 3 aromatic rings.